The van der Waals surface area contributed by atoms with E-state index in [2.05, 4.69) is 5.10 Å². The molecule has 2 saturated heterocycles. The average molecular weight is 468 g/mol. The molecule has 1 aromatic carbocycles. The summed E-state index contributed by atoms with van der Waals surface area (Å²) < 4.78 is 14.9. The lowest BCUT2D eigenvalue weighted by molar-refractivity contribution is -0.187. The highest BCUT2D eigenvalue weighted by Crippen LogP contribution is 2.35. The van der Waals surface area contributed by atoms with Crippen LogP contribution < -0.4 is 5.56 Å². The van der Waals surface area contributed by atoms with Crippen LogP contribution in [-0.2, 0) is 14.3 Å². The van der Waals surface area contributed by atoms with E-state index < -0.39 is 5.79 Å². The normalized spacial score (nSPS) is 21.7. The van der Waals surface area contributed by atoms with Crippen molar-refractivity contribution >= 4 is 28.7 Å². The smallest absolute Gasteiger partial charge is 0.265 e. The quantitative estimate of drug-likeness (QED) is 0.546. The molecule has 1 atom stereocenters. The number of fused-ring (bicyclic) bond motifs is 2. The zero-order chi connectivity index (χ0) is 22.6. The highest BCUT2D eigenvalue weighted by Gasteiger charge is 2.41. The van der Waals surface area contributed by atoms with Gasteiger partial charge in [-0.25, -0.2) is 9.67 Å². The van der Waals surface area contributed by atoms with Crippen LogP contribution in [0.1, 0.15) is 30.9 Å². The lowest BCUT2D eigenvalue weighted by Crippen LogP contribution is -2.47. The Morgan fingerprint density at radius 2 is 2.03 bits per heavy atom. The zero-order valence-electron chi connectivity index (χ0n) is 18.4. The number of aromatic nitrogens is 4. The molecular weight excluding hydrogens is 442 g/mol. The number of rotatable bonds is 3. The summed E-state index contributed by atoms with van der Waals surface area (Å²) in [6.45, 7) is 4.48. The number of amides is 1. The van der Waals surface area contributed by atoms with Gasteiger partial charge in [0.05, 0.1) is 31.1 Å². The van der Waals surface area contributed by atoms with E-state index in [9.17, 15) is 9.59 Å². The van der Waals surface area contributed by atoms with Crippen molar-refractivity contribution in [3.8, 4) is 5.69 Å². The Balaban J connectivity index is 1.24. The standard InChI is InChI=1S/C23H25N5O4S/c1-15-3-2-4-16(11-15)28-20-18(13-24-28)21(30)27-17(14-33-22(27)25-20)12-19(29)26-7-5-23(6-8-26)31-9-10-32-23/h2-4,11,13,17H,5-10,12,14H2,1H3. The fraction of sp³-hybridized carbons (Fsp3) is 0.478. The molecule has 0 N–H and O–H groups in total. The Kier molecular flexibility index (Phi) is 5.04. The fourth-order valence-corrected chi connectivity index (χ4v) is 6.07. The van der Waals surface area contributed by atoms with E-state index in [0.717, 1.165) is 11.3 Å². The molecule has 5 heterocycles. The molecule has 0 saturated carbocycles. The minimum atomic E-state index is -0.503. The molecular formula is C23H25N5O4S. The Hall–Kier alpha value is -2.69. The molecule has 3 aliphatic rings. The van der Waals surface area contributed by atoms with Gasteiger partial charge < -0.3 is 14.4 Å². The number of hydrogen-bond acceptors (Lipinski definition) is 7. The molecule has 3 aliphatic heterocycles. The summed E-state index contributed by atoms with van der Waals surface area (Å²) in [7, 11) is 0. The van der Waals surface area contributed by atoms with Gasteiger partial charge in [0.1, 0.15) is 5.39 Å². The van der Waals surface area contributed by atoms with Gasteiger partial charge >= 0.3 is 0 Å². The van der Waals surface area contributed by atoms with Crippen LogP contribution in [-0.4, -0.2) is 68.0 Å². The van der Waals surface area contributed by atoms with Crippen LogP contribution >= 0.6 is 11.8 Å². The molecule has 0 aliphatic carbocycles. The molecule has 2 fully saturated rings. The van der Waals surface area contributed by atoms with E-state index in [4.69, 9.17) is 14.5 Å². The van der Waals surface area contributed by atoms with Crippen LogP contribution in [0.5, 0.6) is 0 Å². The van der Waals surface area contributed by atoms with Gasteiger partial charge in [-0.3, -0.25) is 14.2 Å². The summed E-state index contributed by atoms with van der Waals surface area (Å²) in [5.74, 6) is 0.211. The van der Waals surface area contributed by atoms with E-state index in [1.165, 1.54) is 11.8 Å². The zero-order valence-corrected chi connectivity index (χ0v) is 19.2. The number of aryl methyl sites for hydroxylation is 1. The molecule has 1 spiro atoms. The van der Waals surface area contributed by atoms with Crippen molar-refractivity contribution in [2.45, 2.75) is 43.2 Å². The molecule has 33 heavy (non-hydrogen) atoms. The summed E-state index contributed by atoms with van der Waals surface area (Å²) >= 11 is 1.52. The van der Waals surface area contributed by atoms with Crippen LogP contribution in [0.3, 0.4) is 0 Å². The van der Waals surface area contributed by atoms with Gasteiger partial charge in [0.25, 0.3) is 5.56 Å². The van der Waals surface area contributed by atoms with E-state index in [1.54, 1.807) is 15.4 Å². The summed E-state index contributed by atoms with van der Waals surface area (Å²) in [4.78, 5) is 33.1. The van der Waals surface area contributed by atoms with Gasteiger partial charge in [0.2, 0.25) is 5.91 Å². The Labute approximate surface area is 194 Å². The molecule has 10 heteroatoms. The fourth-order valence-electron chi connectivity index (χ4n) is 4.94. The number of piperidine rings is 1. The molecule has 9 nitrogen and oxygen atoms in total. The molecule has 172 valence electrons. The van der Waals surface area contributed by atoms with Gasteiger partial charge in [-0.1, -0.05) is 23.9 Å². The number of nitrogens with zero attached hydrogens (tertiary/aromatic N) is 5. The molecule has 2 aromatic heterocycles. The first-order valence-electron chi connectivity index (χ1n) is 11.3. The topological polar surface area (TPSA) is 91.5 Å². The van der Waals surface area contributed by atoms with Crippen molar-refractivity contribution in [1.29, 1.82) is 0 Å². The van der Waals surface area contributed by atoms with Crippen LogP contribution in [0.25, 0.3) is 16.7 Å². The maximum atomic E-state index is 13.4. The Bertz CT molecular complexity index is 1290. The van der Waals surface area contributed by atoms with Crippen molar-refractivity contribution in [2.24, 2.45) is 0 Å². The summed E-state index contributed by atoms with van der Waals surface area (Å²) in [6.07, 6.45) is 3.24. The Morgan fingerprint density at radius 1 is 1.24 bits per heavy atom. The van der Waals surface area contributed by atoms with E-state index in [0.29, 0.717) is 61.1 Å². The maximum Gasteiger partial charge on any atom is 0.265 e. The van der Waals surface area contributed by atoms with E-state index >= 15 is 0 Å². The van der Waals surface area contributed by atoms with Crippen molar-refractivity contribution in [2.75, 3.05) is 32.1 Å². The van der Waals surface area contributed by atoms with Gasteiger partial charge in [0, 0.05) is 38.1 Å². The number of hydrogen-bond donors (Lipinski definition) is 0. The second kappa shape index (κ2) is 7.96. The van der Waals surface area contributed by atoms with Gasteiger partial charge in [-0.2, -0.15) is 5.10 Å². The van der Waals surface area contributed by atoms with Crippen LogP contribution in [0.4, 0.5) is 0 Å². The number of carbonyl (C=O) groups is 1. The lowest BCUT2D eigenvalue weighted by atomic mass is 10.0. The summed E-state index contributed by atoms with van der Waals surface area (Å²) in [5, 5.41) is 5.55. The van der Waals surface area contributed by atoms with Crippen molar-refractivity contribution < 1.29 is 14.3 Å². The molecule has 1 unspecified atom stereocenters. The third-order valence-corrected chi connectivity index (χ3v) is 7.82. The van der Waals surface area contributed by atoms with E-state index in [1.807, 2.05) is 36.1 Å². The molecule has 6 rings (SSSR count). The first-order valence-corrected chi connectivity index (χ1v) is 12.3. The van der Waals surface area contributed by atoms with Crippen molar-refractivity contribution in [3.63, 3.8) is 0 Å². The molecule has 0 radical (unpaired) electrons. The maximum absolute atomic E-state index is 13.4. The number of carbonyl (C=O) groups excluding carboxylic acids is 1. The Morgan fingerprint density at radius 3 is 2.79 bits per heavy atom. The average Bonchev–Trinajstić information content (AvgIpc) is 3.54. The van der Waals surface area contributed by atoms with E-state index in [-0.39, 0.29) is 23.9 Å². The first-order chi connectivity index (χ1) is 16.0. The molecule has 3 aromatic rings. The third kappa shape index (κ3) is 3.56. The highest BCUT2D eigenvalue weighted by atomic mass is 32.2. The summed E-state index contributed by atoms with van der Waals surface area (Å²) in [6, 6.07) is 7.73. The number of thioether (sulfide) groups is 1. The number of benzene rings is 1. The minimum Gasteiger partial charge on any atom is -0.347 e. The van der Waals surface area contributed by atoms with Crippen molar-refractivity contribution in [1.82, 2.24) is 24.2 Å². The van der Waals surface area contributed by atoms with Crippen LogP contribution in [0, 0.1) is 6.92 Å². The SMILES string of the molecule is Cc1cccc(-n2ncc3c(=O)n4c(nc32)SCC4CC(=O)N2CCC3(CC2)OCCO3)c1. The third-order valence-electron chi connectivity index (χ3n) is 6.72. The summed E-state index contributed by atoms with van der Waals surface area (Å²) in [5.41, 5.74) is 2.39. The predicted octanol–water partition coefficient (Wildman–Crippen LogP) is 2.29. The lowest BCUT2D eigenvalue weighted by Gasteiger charge is -2.37. The van der Waals surface area contributed by atoms with Crippen molar-refractivity contribution in [3.05, 3.63) is 46.4 Å². The van der Waals surface area contributed by atoms with Crippen LogP contribution in [0.15, 0.2) is 40.4 Å². The second-order valence-electron chi connectivity index (χ2n) is 8.86. The van der Waals surface area contributed by atoms with Gasteiger partial charge in [-0.15, -0.1) is 0 Å². The van der Waals surface area contributed by atoms with Gasteiger partial charge in [0.15, 0.2) is 16.6 Å². The number of likely N-dealkylation sites (tertiary alicyclic amines) is 1. The monoisotopic (exact) mass is 467 g/mol. The minimum absolute atomic E-state index is 0.0590. The largest absolute Gasteiger partial charge is 0.347 e. The molecule has 1 amide bonds. The predicted molar refractivity (Wildman–Crippen MR) is 123 cm³/mol. The first kappa shape index (κ1) is 20.9. The van der Waals surface area contributed by atoms with Crippen LogP contribution in [0.2, 0.25) is 0 Å². The number of ether oxygens (including phenoxy) is 2. The second-order valence-corrected chi connectivity index (χ2v) is 9.85. The molecule has 0 bridgehead atoms. The van der Waals surface area contributed by atoms with Gasteiger partial charge in [-0.05, 0) is 24.6 Å². The highest BCUT2D eigenvalue weighted by molar-refractivity contribution is 7.99.